The third-order valence-corrected chi connectivity index (χ3v) is 5.73. The van der Waals surface area contributed by atoms with E-state index in [1.54, 1.807) is 11.9 Å². The Labute approximate surface area is 204 Å². The Morgan fingerprint density at radius 2 is 1.84 bits per heavy atom. The molecule has 1 saturated carbocycles. The number of halogens is 1. The third kappa shape index (κ3) is 9.41. The smallest absolute Gasteiger partial charge is 0.410 e. The number of likely N-dealkylation sites (N-methyl/N-ethyl adjacent to an activating group) is 1. The zero-order chi connectivity index (χ0) is 22.1. The van der Waals surface area contributed by atoms with Crippen molar-refractivity contribution in [1.82, 2.24) is 20.4 Å². The van der Waals surface area contributed by atoms with Gasteiger partial charge in [0.15, 0.2) is 5.96 Å². The Hall–Kier alpha value is -1.26. The van der Waals surface area contributed by atoms with Gasteiger partial charge in [0, 0.05) is 51.7 Å². The van der Waals surface area contributed by atoms with Crippen LogP contribution in [-0.2, 0) is 9.53 Å². The lowest BCUT2D eigenvalue weighted by atomic mass is 9.88. The van der Waals surface area contributed by atoms with Crippen LogP contribution in [0.1, 0.15) is 66.2 Å². The van der Waals surface area contributed by atoms with Gasteiger partial charge in [-0.15, -0.1) is 24.0 Å². The molecule has 0 bridgehead atoms. The number of hydrogen-bond donors (Lipinski definition) is 2. The maximum Gasteiger partial charge on any atom is 0.410 e. The Balaban J connectivity index is 0.00000480. The summed E-state index contributed by atoms with van der Waals surface area (Å²) in [5.74, 6) is 1.26. The number of nitrogens with zero attached hydrogens (tertiary/aromatic N) is 3. The number of carbonyl (C=O) groups excluding carboxylic acids is 2. The number of nitrogens with one attached hydrogen (secondary N) is 2. The first-order chi connectivity index (χ1) is 14.2. The minimum atomic E-state index is -0.501. The highest BCUT2D eigenvalue weighted by Crippen LogP contribution is 2.26. The summed E-state index contributed by atoms with van der Waals surface area (Å²) in [7, 11) is 1.74. The van der Waals surface area contributed by atoms with Crippen LogP contribution in [0, 0.1) is 5.92 Å². The molecule has 1 aliphatic heterocycles. The average molecular weight is 552 g/mol. The topological polar surface area (TPSA) is 86.3 Å². The minimum absolute atomic E-state index is 0. The molecule has 2 aliphatic rings. The van der Waals surface area contributed by atoms with E-state index in [0.717, 1.165) is 32.4 Å². The minimum Gasteiger partial charge on any atom is -0.444 e. The lowest BCUT2D eigenvalue weighted by Crippen LogP contribution is -2.48. The standard InChI is InChI=1S/C22H41N5O3.HI/c1-6-26(21(29)30-22(2,3)4)15-13-24-20(23-5)25-18-12-14-27(16-18)19(28)17-10-8-7-9-11-17;/h17-18H,6-16H2,1-5H3,(H2,23,24,25);1H. The second-order valence-corrected chi connectivity index (χ2v) is 9.31. The molecule has 1 heterocycles. The molecule has 1 saturated heterocycles. The SMILES string of the molecule is CCN(CCNC(=NC)NC1CCN(C(=O)C2CCCCC2)C1)C(=O)OC(C)(C)C.I. The molecule has 0 radical (unpaired) electrons. The summed E-state index contributed by atoms with van der Waals surface area (Å²) in [4.78, 5) is 33.0. The molecular formula is C22H42IN5O3. The molecule has 8 nitrogen and oxygen atoms in total. The van der Waals surface area contributed by atoms with Crippen LogP contribution in [0.4, 0.5) is 4.79 Å². The van der Waals surface area contributed by atoms with Gasteiger partial charge in [0.2, 0.25) is 5.91 Å². The second kappa shape index (κ2) is 13.3. The highest BCUT2D eigenvalue weighted by molar-refractivity contribution is 14.0. The molecule has 1 atom stereocenters. The van der Waals surface area contributed by atoms with Crippen molar-refractivity contribution in [2.75, 3.05) is 39.8 Å². The predicted octanol–water partition coefficient (Wildman–Crippen LogP) is 3.21. The zero-order valence-electron chi connectivity index (χ0n) is 19.9. The molecule has 0 spiro atoms. The van der Waals surface area contributed by atoms with Crippen molar-refractivity contribution >= 4 is 41.9 Å². The number of aliphatic imine (C=N–C) groups is 1. The fourth-order valence-electron chi connectivity index (χ4n) is 4.09. The van der Waals surface area contributed by atoms with Crippen LogP contribution in [0.25, 0.3) is 0 Å². The van der Waals surface area contributed by atoms with E-state index in [0.29, 0.717) is 31.5 Å². The van der Waals surface area contributed by atoms with Gasteiger partial charge < -0.3 is 25.2 Å². The summed E-state index contributed by atoms with van der Waals surface area (Å²) < 4.78 is 5.44. The lowest BCUT2D eigenvalue weighted by Gasteiger charge is -2.27. The largest absolute Gasteiger partial charge is 0.444 e. The molecule has 1 aliphatic carbocycles. The Kier molecular flexibility index (Phi) is 11.9. The summed E-state index contributed by atoms with van der Waals surface area (Å²) in [5.41, 5.74) is -0.501. The monoisotopic (exact) mass is 551 g/mol. The van der Waals surface area contributed by atoms with Crippen molar-refractivity contribution in [2.24, 2.45) is 10.9 Å². The maximum absolute atomic E-state index is 12.7. The maximum atomic E-state index is 12.7. The van der Waals surface area contributed by atoms with Crippen molar-refractivity contribution in [3.8, 4) is 0 Å². The van der Waals surface area contributed by atoms with Crippen LogP contribution >= 0.6 is 24.0 Å². The summed E-state index contributed by atoms with van der Waals surface area (Å²) in [6.45, 7) is 10.8. The predicted molar refractivity (Wildman–Crippen MR) is 135 cm³/mol. The Morgan fingerprint density at radius 3 is 2.42 bits per heavy atom. The van der Waals surface area contributed by atoms with E-state index in [1.807, 2.05) is 32.6 Å². The normalized spacial score (nSPS) is 20.1. The van der Waals surface area contributed by atoms with Crippen molar-refractivity contribution in [3.63, 3.8) is 0 Å². The van der Waals surface area contributed by atoms with Gasteiger partial charge in [-0.05, 0) is 47.0 Å². The molecule has 180 valence electrons. The number of carbonyl (C=O) groups is 2. The van der Waals surface area contributed by atoms with Crippen molar-refractivity contribution in [1.29, 1.82) is 0 Å². The van der Waals surface area contributed by atoms with E-state index in [-0.39, 0.29) is 42.0 Å². The van der Waals surface area contributed by atoms with Gasteiger partial charge in [0.05, 0.1) is 0 Å². The summed E-state index contributed by atoms with van der Waals surface area (Å²) in [6, 6.07) is 0.205. The first-order valence-corrected chi connectivity index (χ1v) is 11.5. The fraction of sp³-hybridized carbons (Fsp3) is 0.864. The van der Waals surface area contributed by atoms with E-state index in [9.17, 15) is 9.59 Å². The van der Waals surface area contributed by atoms with Crippen LogP contribution in [-0.4, -0.2) is 79.2 Å². The van der Waals surface area contributed by atoms with Gasteiger partial charge in [-0.1, -0.05) is 19.3 Å². The second-order valence-electron chi connectivity index (χ2n) is 9.31. The van der Waals surface area contributed by atoms with Crippen molar-refractivity contribution in [2.45, 2.75) is 77.9 Å². The molecule has 2 N–H and O–H groups in total. The average Bonchev–Trinajstić information content (AvgIpc) is 3.17. The number of amides is 2. The highest BCUT2D eigenvalue weighted by Gasteiger charge is 2.31. The summed E-state index contributed by atoms with van der Waals surface area (Å²) in [5, 5.41) is 6.70. The van der Waals surface area contributed by atoms with Gasteiger partial charge >= 0.3 is 6.09 Å². The molecule has 31 heavy (non-hydrogen) atoms. The van der Waals surface area contributed by atoms with E-state index < -0.39 is 5.60 Å². The van der Waals surface area contributed by atoms with E-state index >= 15 is 0 Å². The highest BCUT2D eigenvalue weighted by atomic mass is 127. The molecule has 2 amide bonds. The van der Waals surface area contributed by atoms with Gasteiger partial charge in [-0.2, -0.15) is 0 Å². The number of likely N-dealkylation sites (tertiary alicyclic amines) is 1. The van der Waals surface area contributed by atoms with Crippen LogP contribution in [0.15, 0.2) is 4.99 Å². The molecule has 1 unspecified atom stereocenters. The molecule has 9 heteroatoms. The molecule has 0 aromatic heterocycles. The van der Waals surface area contributed by atoms with E-state index in [4.69, 9.17) is 4.74 Å². The molecule has 2 fully saturated rings. The van der Waals surface area contributed by atoms with Crippen LogP contribution in [0.2, 0.25) is 0 Å². The van der Waals surface area contributed by atoms with Gasteiger partial charge in [-0.3, -0.25) is 9.79 Å². The fourth-order valence-corrected chi connectivity index (χ4v) is 4.09. The first kappa shape index (κ1) is 27.8. The Bertz CT molecular complexity index is 602. The van der Waals surface area contributed by atoms with E-state index in [1.165, 1.54) is 19.3 Å². The molecule has 0 aromatic carbocycles. The van der Waals surface area contributed by atoms with Crippen molar-refractivity contribution in [3.05, 3.63) is 0 Å². The third-order valence-electron chi connectivity index (χ3n) is 5.73. The van der Waals surface area contributed by atoms with Crippen LogP contribution in [0.3, 0.4) is 0 Å². The molecule has 2 rings (SSSR count). The lowest BCUT2D eigenvalue weighted by molar-refractivity contribution is -0.135. The number of ether oxygens (including phenoxy) is 1. The van der Waals surface area contributed by atoms with Crippen LogP contribution < -0.4 is 10.6 Å². The quantitative estimate of drug-likeness (QED) is 0.301. The number of hydrogen-bond acceptors (Lipinski definition) is 4. The zero-order valence-corrected chi connectivity index (χ0v) is 22.2. The van der Waals surface area contributed by atoms with Gasteiger partial charge in [-0.25, -0.2) is 4.79 Å². The summed E-state index contributed by atoms with van der Waals surface area (Å²) in [6.07, 6.45) is 6.34. The van der Waals surface area contributed by atoms with E-state index in [2.05, 4.69) is 15.6 Å². The first-order valence-electron chi connectivity index (χ1n) is 11.5. The van der Waals surface area contributed by atoms with Gasteiger partial charge in [0.1, 0.15) is 5.60 Å². The van der Waals surface area contributed by atoms with Crippen molar-refractivity contribution < 1.29 is 14.3 Å². The number of guanidine groups is 1. The van der Waals surface area contributed by atoms with Crippen LogP contribution in [0.5, 0.6) is 0 Å². The molecular weight excluding hydrogens is 509 g/mol. The molecule has 0 aromatic rings. The number of rotatable bonds is 6. The summed E-state index contributed by atoms with van der Waals surface area (Å²) >= 11 is 0. The Morgan fingerprint density at radius 1 is 1.16 bits per heavy atom. The van der Waals surface area contributed by atoms with Gasteiger partial charge in [0.25, 0.3) is 0 Å².